The van der Waals surface area contributed by atoms with Crippen LogP contribution in [0.3, 0.4) is 0 Å². The number of likely N-dealkylation sites (N-methyl/N-ethyl adjacent to an activating group) is 1. The quantitative estimate of drug-likeness (QED) is 0.456. The summed E-state index contributed by atoms with van der Waals surface area (Å²) in [7, 11) is 5.18. The Balaban J connectivity index is 1.42. The van der Waals surface area contributed by atoms with Crippen molar-refractivity contribution < 1.29 is 34.2 Å². The van der Waals surface area contributed by atoms with Gasteiger partial charge < -0.3 is 15.9 Å². The molecule has 0 saturated heterocycles. The third-order valence-electron chi connectivity index (χ3n) is 9.53. The van der Waals surface area contributed by atoms with Gasteiger partial charge in [-0.2, -0.15) is 0 Å². The summed E-state index contributed by atoms with van der Waals surface area (Å²) in [6, 6.07) is 7.06. The van der Waals surface area contributed by atoms with Gasteiger partial charge in [-0.15, -0.1) is 0 Å². The number of amides is 1. The zero-order chi connectivity index (χ0) is 28.8. The van der Waals surface area contributed by atoms with Crippen LogP contribution in [0.15, 0.2) is 24.3 Å². The zero-order valence-electron chi connectivity index (χ0n) is 22.7. The second kappa shape index (κ2) is 9.02. The molecule has 1 amide bonds. The minimum Gasteiger partial charge on any atom is -0.507 e. The van der Waals surface area contributed by atoms with Gasteiger partial charge in [0, 0.05) is 23.9 Å². The van der Waals surface area contributed by atoms with Crippen LogP contribution in [0, 0.1) is 23.7 Å². The Hall–Kier alpha value is -3.47. The summed E-state index contributed by atoms with van der Waals surface area (Å²) in [5.74, 6) is -10.3. The maximum Gasteiger partial charge on any atom is 0.235 e. The molecule has 0 aliphatic heterocycles. The maximum absolute atomic E-state index is 13.9. The largest absolute Gasteiger partial charge is 0.507 e. The number of hydrogen-bond donors (Lipinski definition) is 3. The fourth-order valence-electron chi connectivity index (χ4n) is 7.45. The molecule has 3 fully saturated rings. The molecule has 2 aromatic carbocycles. The highest BCUT2D eigenvalue weighted by Gasteiger charge is 2.69. The zero-order valence-corrected chi connectivity index (χ0v) is 22.7. The molecule has 6 unspecified atom stereocenters. The van der Waals surface area contributed by atoms with Crippen molar-refractivity contribution in [2.24, 2.45) is 29.4 Å². The van der Waals surface area contributed by atoms with E-state index in [1.165, 1.54) is 4.90 Å². The van der Waals surface area contributed by atoms with Crippen molar-refractivity contribution in [2.75, 3.05) is 21.1 Å². The molecular weight excluding hydrogens is 514 g/mol. The predicted octanol–water partition coefficient (Wildman–Crippen LogP) is 0.614. The normalized spacial score (nSPS) is 31.9. The Kier molecular flexibility index (Phi) is 6.03. The number of aliphatic hydroxyl groups is 1. The lowest BCUT2D eigenvalue weighted by Gasteiger charge is -2.52. The Morgan fingerprint density at radius 3 is 2.40 bits per heavy atom. The number of rotatable bonds is 5. The number of nitrogens with zero attached hydrogens (tertiary/aromatic N) is 2. The number of phenols is 1. The molecule has 10 heteroatoms. The summed E-state index contributed by atoms with van der Waals surface area (Å²) in [5, 5.41) is 24.3. The smallest absolute Gasteiger partial charge is 0.235 e. The van der Waals surface area contributed by atoms with Crippen molar-refractivity contribution in [1.29, 1.82) is 0 Å². The molecule has 0 radical (unpaired) electrons. The van der Waals surface area contributed by atoms with E-state index < -0.39 is 64.4 Å². The molecule has 4 N–H and O–H groups in total. The van der Waals surface area contributed by atoms with Crippen LogP contribution in [-0.4, -0.2) is 87.9 Å². The topological polar surface area (TPSA) is 158 Å². The lowest BCUT2D eigenvalue weighted by Crippen LogP contribution is -2.74. The summed E-state index contributed by atoms with van der Waals surface area (Å²) < 4.78 is 0. The average molecular weight is 548 g/mol. The van der Waals surface area contributed by atoms with E-state index in [-0.39, 0.29) is 24.2 Å². The highest BCUT2D eigenvalue weighted by atomic mass is 16.3. The van der Waals surface area contributed by atoms with Crippen LogP contribution in [0.25, 0.3) is 10.8 Å². The number of carbonyl (C=O) groups excluding carboxylic acids is 5. The third-order valence-corrected chi connectivity index (χ3v) is 9.53. The Morgan fingerprint density at radius 1 is 1.07 bits per heavy atom. The molecule has 6 rings (SSSR count). The van der Waals surface area contributed by atoms with Crippen LogP contribution in [-0.2, 0) is 32.1 Å². The van der Waals surface area contributed by atoms with Gasteiger partial charge in [-0.1, -0.05) is 18.2 Å². The Bertz CT molecular complexity index is 1510. The summed E-state index contributed by atoms with van der Waals surface area (Å²) in [4.78, 5) is 70.3. The number of phenolic OH excluding ortho intramolecular Hbond substituents is 1. The third kappa shape index (κ3) is 3.69. The van der Waals surface area contributed by atoms with Gasteiger partial charge in [-0.3, -0.25) is 33.8 Å². The number of nitrogens with two attached hydrogens (primary N) is 1. The minimum absolute atomic E-state index is 0.0202. The predicted molar refractivity (Wildman–Crippen MR) is 143 cm³/mol. The summed E-state index contributed by atoms with van der Waals surface area (Å²) in [6.45, 7) is 0.692. The molecule has 10 nitrogen and oxygen atoms in total. The molecule has 0 aromatic heterocycles. The fraction of sp³-hybridized carbons (Fsp3) is 0.500. The van der Waals surface area contributed by atoms with Crippen molar-refractivity contribution in [3.05, 3.63) is 41.0 Å². The van der Waals surface area contributed by atoms with Crippen molar-refractivity contribution >= 4 is 39.8 Å². The van der Waals surface area contributed by atoms with E-state index in [1.54, 1.807) is 14.1 Å². The highest BCUT2D eigenvalue weighted by Crippen LogP contribution is 2.51. The maximum atomic E-state index is 13.9. The molecule has 0 heterocycles. The van der Waals surface area contributed by atoms with E-state index in [2.05, 4.69) is 11.9 Å². The SMILES string of the molecule is CN(C)C1C(=O)C(C(N)=O)C(=O)C2(O)C(=O)C3C(=O)c4c(cc5ccc(CN(C)C6CC6)cc5c4O)CC3CC12. The van der Waals surface area contributed by atoms with E-state index in [1.807, 2.05) is 24.3 Å². The van der Waals surface area contributed by atoms with Crippen molar-refractivity contribution in [1.82, 2.24) is 9.80 Å². The van der Waals surface area contributed by atoms with E-state index in [9.17, 15) is 34.2 Å². The molecule has 0 spiro atoms. The molecule has 0 bridgehead atoms. The van der Waals surface area contributed by atoms with Crippen molar-refractivity contribution in [2.45, 2.75) is 49.9 Å². The first-order valence-corrected chi connectivity index (χ1v) is 13.7. The van der Waals surface area contributed by atoms with E-state index >= 15 is 0 Å². The first-order valence-electron chi connectivity index (χ1n) is 13.7. The van der Waals surface area contributed by atoms with Gasteiger partial charge in [-0.05, 0) is 75.3 Å². The second-order valence-corrected chi connectivity index (χ2v) is 12.3. The highest BCUT2D eigenvalue weighted by molar-refractivity contribution is 6.32. The van der Waals surface area contributed by atoms with E-state index in [0.29, 0.717) is 23.5 Å². The standard InChI is InChI=1S/C30H33N3O7/c1-32(2)23-19-11-16-10-15-9-14-5-4-13(12-33(3)17-6-7-17)8-18(14)24(34)20(15)25(35)21(16)27(37)30(19,40)28(38)22(26(23)36)29(31)39/h4-5,8-9,16-17,19,21-23,34,40H,6-7,10-12H2,1-3H3,(H2,31,39). The van der Waals surface area contributed by atoms with E-state index in [4.69, 9.17) is 5.73 Å². The molecular formula is C30H33N3O7. The van der Waals surface area contributed by atoms with Gasteiger partial charge in [0.25, 0.3) is 0 Å². The lowest BCUT2D eigenvalue weighted by atomic mass is 9.52. The van der Waals surface area contributed by atoms with Crippen molar-refractivity contribution in [3.8, 4) is 5.75 Å². The molecule has 4 aliphatic rings. The van der Waals surface area contributed by atoms with Crippen LogP contribution in [0.2, 0.25) is 0 Å². The van der Waals surface area contributed by atoms with E-state index in [0.717, 1.165) is 23.8 Å². The number of primary amides is 1. The van der Waals surface area contributed by atoms with Crippen LogP contribution in [0.5, 0.6) is 5.75 Å². The molecule has 4 aliphatic carbocycles. The minimum atomic E-state index is -2.72. The number of benzene rings is 2. The van der Waals surface area contributed by atoms with Gasteiger partial charge in [0.1, 0.15) is 5.75 Å². The van der Waals surface area contributed by atoms with Crippen LogP contribution in [0.1, 0.15) is 40.7 Å². The monoisotopic (exact) mass is 547 g/mol. The summed E-state index contributed by atoms with van der Waals surface area (Å²) in [6.07, 6.45) is 2.61. The van der Waals surface area contributed by atoms with Gasteiger partial charge in [-0.25, -0.2) is 0 Å². The fourth-order valence-corrected chi connectivity index (χ4v) is 7.45. The number of ketones is 4. The second-order valence-electron chi connectivity index (χ2n) is 12.3. The first kappa shape index (κ1) is 26.7. The molecule has 2 aromatic rings. The molecule has 40 heavy (non-hydrogen) atoms. The Labute approximate surface area is 231 Å². The number of carbonyl (C=O) groups is 5. The van der Waals surface area contributed by atoms with Gasteiger partial charge in [0.2, 0.25) is 5.91 Å². The Morgan fingerprint density at radius 2 is 1.77 bits per heavy atom. The molecule has 6 atom stereocenters. The average Bonchev–Trinajstić information content (AvgIpc) is 3.72. The van der Waals surface area contributed by atoms with Crippen LogP contribution >= 0.6 is 0 Å². The lowest BCUT2D eigenvalue weighted by molar-refractivity contribution is -0.181. The number of Topliss-reactive ketones (excluding diaryl/α,β-unsaturated/α-hetero) is 4. The van der Waals surface area contributed by atoms with Crippen LogP contribution < -0.4 is 5.73 Å². The first-order chi connectivity index (χ1) is 18.9. The summed E-state index contributed by atoms with van der Waals surface area (Å²) in [5.41, 5.74) is 4.24. The number of fused-ring (bicyclic) bond motifs is 4. The van der Waals surface area contributed by atoms with Crippen LogP contribution in [0.4, 0.5) is 0 Å². The van der Waals surface area contributed by atoms with Crippen molar-refractivity contribution in [3.63, 3.8) is 0 Å². The van der Waals surface area contributed by atoms with Gasteiger partial charge >= 0.3 is 0 Å². The number of hydrogen-bond acceptors (Lipinski definition) is 9. The molecule has 210 valence electrons. The molecule has 3 saturated carbocycles. The van der Waals surface area contributed by atoms with Gasteiger partial charge in [0.15, 0.2) is 34.7 Å². The van der Waals surface area contributed by atoms with Gasteiger partial charge in [0.05, 0.1) is 17.5 Å². The summed E-state index contributed by atoms with van der Waals surface area (Å²) >= 11 is 0. The number of aromatic hydroxyl groups is 1.